The first-order valence-corrected chi connectivity index (χ1v) is 13.1. The minimum atomic E-state index is -4.20. The van der Waals surface area contributed by atoms with Gasteiger partial charge in [-0.3, -0.25) is 9.59 Å². The molecule has 2 amide bonds. The molecular weight excluding hydrogens is 499 g/mol. The van der Waals surface area contributed by atoms with Crippen LogP contribution in [0.1, 0.15) is 78.5 Å². The Balaban J connectivity index is 1.39. The number of ether oxygens (including phenoxy) is 1. The number of nitriles is 1. The lowest BCUT2D eigenvalue weighted by molar-refractivity contribution is -0.136. The second kappa shape index (κ2) is 10.3. The Morgan fingerprint density at radius 3 is 2.89 bits per heavy atom. The van der Waals surface area contributed by atoms with E-state index in [1.54, 1.807) is 10.7 Å². The van der Waals surface area contributed by atoms with Crippen LogP contribution in [0.2, 0.25) is 0 Å². The molecule has 8 nitrogen and oxygen atoms in total. The summed E-state index contributed by atoms with van der Waals surface area (Å²) in [6.07, 6.45) is 0.475. The summed E-state index contributed by atoms with van der Waals surface area (Å²) in [4.78, 5) is 25.8. The van der Waals surface area contributed by atoms with Crippen LogP contribution in [-0.4, -0.2) is 34.4 Å². The fraction of sp³-hybridized carbons (Fsp3) is 0.556. The molecule has 0 saturated heterocycles. The molecule has 0 unspecified atom stereocenters. The number of aromatic nitrogens is 2. The fourth-order valence-electron chi connectivity index (χ4n) is 5.56. The molecule has 1 atom stereocenters. The molecule has 1 aliphatic heterocycles. The summed E-state index contributed by atoms with van der Waals surface area (Å²) in [6, 6.07) is 7.31. The van der Waals surface area contributed by atoms with Crippen molar-refractivity contribution in [2.24, 2.45) is 5.92 Å². The molecule has 1 saturated carbocycles. The van der Waals surface area contributed by atoms with Gasteiger partial charge in [-0.1, -0.05) is 18.9 Å². The standard InChI is InChI=1S/C27H30F3N5O3/c28-27(29,30)11-2-14-38-19-6-7-20-18(15-19)3-1-10-26(20)16-21-23(25(37)33-26)24(32-22(36)8-12-31)35(34-21)13-9-17-4-5-17/h6-7,15,17H,1-5,8-11,13-14,16H2,(H,32,36)(H,33,37)/t26-/m0/s1. The first-order valence-electron chi connectivity index (χ1n) is 13.1. The summed E-state index contributed by atoms with van der Waals surface area (Å²) < 4.78 is 44.5. The first kappa shape index (κ1) is 26.1. The van der Waals surface area contributed by atoms with Crippen molar-refractivity contribution in [1.29, 1.82) is 5.26 Å². The summed E-state index contributed by atoms with van der Waals surface area (Å²) in [5.74, 6) is 0.678. The van der Waals surface area contributed by atoms with Gasteiger partial charge in [0.15, 0.2) is 0 Å². The zero-order valence-corrected chi connectivity index (χ0v) is 21.0. The maximum Gasteiger partial charge on any atom is 0.389 e. The van der Waals surface area contributed by atoms with Crippen molar-refractivity contribution in [3.8, 4) is 11.8 Å². The minimum absolute atomic E-state index is 0.0257. The molecule has 2 aliphatic carbocycles. The first-order chi connectivity index (χ1) is 18.2. The van der Waals surface area contributed by atoms with Crippen LogP contribution in [-0.2, 0) is 29.7 Å². The van der Waals surface area contributed by atoms with Crippen LogP contribution in [0, 0.1) is 17.2 Å². The van der Waals surface area contributed by atoms with Gasteiger partial charge in [0.2, 0.25) is 5.91 Å². The van der Waals surface area contributed by atoms with Crippen molar-refractivity contribution in [3.63, 3.8) is 0 Å². The largest absolute Gasteiger partial charge is 0.494 e. The average molecular weight is 530 g/mol. The number of nitrogens with one attached hydrogen (secondary N) is 2. The molecule has 202 valence electrons. The third-order valence-electron chi connectivity index (χ3n) is 7.53. The predicted octanol–water partition coefficient (Wildman–Crippen LogP) is 4.77. The van der Waals surface area contributed by atoms with E-state index >= 15 is 0 Å². The summed E-state index contributed by atoms with van der Waals surface area (Å²) in [7, 11) is 0. The molecule has 3 aliphatic rings. The SMILES string of the molecule is N#CCC(=O)Nc1c2c(nn1CCC1CC1)C[C@]1(CCCc3cc(OCCCC(F)(F)F)ccc31)NC2=O. The number of aryl methyl sites for hydroxylation is 2. The third kappa shape index (κ3) is 5.64. The van der Waals surface area contributed by atoms with E-state index in [0.29, 0.717) is 48.1 Å². The van der Waals surface area contributed by atoms with Gasteiger partial charge in [0.1, 0.15) is 23.6 Å². The van der Waals surface area contributed by atoms with E-state index in [4.69, 9.17) is 15.1 Å². The molecule has 1 aromatic carbocycles. The van der Waals surface area contributed by atoms with Crippen molar-refractivity contribution < 1.29 is 27.5 Å². The Hall–Kier alpha value is -3.55. The maximum absolute atomic E-state index is 13.5. The van der Waals surface area contributed by atoms with Gasteiger partial charge in [-0.25, -0.2) is 4.68 Å². The van der Waals surface area contributed by atoms with Gasteiger partial charge in [0.05, 0.1) is 23.9 Å². The van der Waals surface area contributed by atoms with Gasteiger partial charge in [-0.05, 0) is 61.3 Å². The van der Waals surface area contributed by atoms with E-state index in [1.165, 1.54) is 12.8 Å². The lowest BCUT2D eigenvalue weighted by Gasteiger charge is -2.42. The zero-order valence-electron chi connectivity index (χ0n) is 21.0. The number of halogens is 3. The maximum atomic E-state index is 13.5. The summed E-state index contributed by atoms with van der Waals surface area (Å²) in [6.45, 7) is 0.549. The van der Waals surface area contributed by atoms with Crippen LogP contribution in [0.3, 0.4) is 0 Å². The number of hydrogen-bond acceptors (Lipinski definition) is 5. The quantitative estimate of drug-likeness (QED) is 0.455. The number of fused-ring (bicyclic) bond motifs is 3. The second-order valence-electron chi connectivity index (χ2n) is 10.5. The topological polar surface area (TPSA) is 109 Å². The number of nitrogens with zero attached hydrogens (tertiary/aromatic N) is 3. The molecule has 0 bridgehead atoms. The highest BCUT2D eigenvalue weighted by molar-refractivity contribution is 6.05. The zero-order chi connectivity index (χ0) is 26.9. The molecule has 1 fully saturated rings. The monoisotopic (exact) mass is 529 g/mol. The number of alkyl halides is 3. The summed E-state index contributed by atoms with van der Waals surface area (Å²) in [5, 5.41) is 19.6. The lowest BCUT2D eigenvalue weighted by atomic mass is 9.72. The van der Waals surface area contributed by atoms with E-state index in [9.17, 15) is 22.8 Å². The van der Waals surface area contributed by atoms with Crippen LogP contribution in [0.5, 0.6) is 5.75 Å². The van der Waals surface area contributed by atoms with Crippen molar-refractivity contribution in [3.05, 3.63) is 40.6 Å². The van der Waals surface area contributed by atoms with Gasteiger partial charge < -0.3 is 15.4 Å². The second-order valence-corrected chi connectivity index (χ2v) is 10.5. The van der Waals surface area contributed by atoms with Crippen LogP contribution in [0.25, 0.3) is 0 Å². The van der Waals surface area contributed by atoms with Crippen molar-refractivity contribution in [2.75, 3.05) is 11.9 Å². The van der Waals surface area contributed by atoms with Gasteiger partial charge >= 0.3 is 6.18 Å². The van der Waals surface area contributed by atoms with E-state index in [0.717, 1.165) is 30.4 Å². The number of benzene rings is 1. The Labute approximate surface area is 218 Å². The van der Waals surface area contributed by atoms with Crippen LogP contribution < -0.4 is 15.4 Å². The van der Waals surface area contributed by atoms with Crippen LogP contribution in [0.4, 0.5) is 19.0 Å². The molecule has 5 rings (SSSR count). The molecule has 0 radical (unpaired) electrons. The van der Waals surface area contributed by atoms with Gasteiger partial charge in [0, 0.05) is 19.4 Å². The highest BCUT2D eigenvalue weighted by Crippen LogP contribution is 2.43. The number of carbonyl (C=O) groups is 2. The van der Waals surface area contributed by atoms with Gasteiger partial charge in [0.25, 0.3) is 5.91 Å². The fourth-order valence-corrected chi connectivity index (χ4v) is 5.56. The number of carbonyl (C=O) groups excluding carboxylic acids is 2. The molecule has 1 spiro atoms. The highest BCUT2D eigenvalue weighted by Gasteiger charge is 2.45. The minimum Gasteiger partial charge on any atom is -0.494 e. The number of rotatable bonds is 9. The van der Waals surface area contributed by atoms with Crippen molar-refractivity contribution in [2.45, 2.75) is 82.5 Å². The van der Waals surface area contributed by atoms with Gasteiger partial charge in [-0.2, -0.15) is 23.5 Å². The molecule has 2 heterocycles. The molecule has 2 aromatic rings. The molecular formula is C27H30F3N5O3. The number of anilines is 1. The number of hydrogen-bond donors (Lipinski definition) is 2. The van der Waals surface area contributed by atoms with Crippen molar-refractivity contribution in [1.82, 2.24) is 15.1 Å². The van der Waals surface area contributed by atoms with E-state index < -0.39 is 24.0 Å². The molecule has 38 heavy (non-hydrogen) atoms. The van der Waals surface area contributed by atoms with E-state index in [1.807, 2.05) is 18.2 Å². The molecule has 2 N–H and O–H groups in total. The lowest BCUT2D eigenvalue weighted by Crippen LogP contribution is -2.52. The Kier molecular flexibility index (Phi) is 7.07. The molecule has 1 aromatic heterocycles. The normalized spacial score (nSPS) is 20.3. The van der Waals surface area contributed by atoms with Crippen LogP contribution in [0.15, 0.2) is 18.2 Å². The average Bonchev–Trinajstić information content (AvgIpc) is 3.62. The number of amides is 2. The van der Waals surface area contributed by atoms with E-state index in [2.05, 4.69) is 10.6 Å². The Morgan fingerprint density at radius 2 is 2.16 bits per heavy atom. The summed E-state index contributed by atoms with van der Waals surface area (Å²) in [5.41, 5.74) is 2.22. The Morgan fingerprint density at radius 1 is 1.34 bits per heavy atom. The summed E-state index contributed by atoms with van der Waals surface area (Å²) >= 11 is 0. The predicted molar refractivity (Wildman–Crippen MR) is 131 cm³/mol. The van der Waals surface area contributed by atoms with Crippen LogP contribution >= 0.6 is 0 Å². The van der Waals surface area contributed by atoms with Gasteiger partial charge in [-0.15, -0.1) is 0 Å². The molecule has 11 heteroatoms. The van der Waals surface area contributed by atoms with E-state index in [-0.39, 0.29) is 25.4 Å². The van der Waals surface area contributed by atoms with Crippen molar-refractivity contribution >= 4 is 17.6 Å². The smallest absolute Gasteiger partial charge is 0.389 e. The highest BCUT2D eigenvalue weighted by atomic mass is 19.4. The Bertz CT molecular complexity index is 1280. The third-order valence-corrected chi connectivity index (χ3v) is 7.53.